The van der Waals surface area contributed by atoms with E-state index in [0.29, 0.717) is 11.1 Å². The van der Waals surface area contributed by atoms with Gasteiger partial charge < -0.3 is 25.7 Å². The second-order valence-electron chi connectivity index (χ2n) is 12.7. The Morgan fingerprint density at radius 3 is 1.16 bits per heavy atom. The van der Waals surface area contributed by atoms with E-state index in [4.69, 9.17) is 0 Å². The number of anilines is 1. The topological polar surface area (TPSA) is 219 Å². The number of aryl methyl sites for hydroxylation is 2. The average Bonchev–Trinajstić information content (AvgIpc) is 3.03. The van der Waals surface area contributed by atoms with E-state index < -0.39 is 35.9 Å². The molecule has 5 aromatic carbocycles. The smallest absolute Gasteiger partial charge is 0.294 e. The first-order valence-corrected chi connectivity index (χ1v) is 18.4. The molecule has 1 aliphatic rings. The van der Waals surface area contributed by atoms with Crippen molar-refractivity contribution < 1.29 is 51.2 Å². The highest BCUT2D eigenvalue weighted by Crippen LogP contribution is 2.40. The van der Waals surface area contributed by atoms with Gasteiger partial charge in [-0.1, -0.05) is 35.4 Å². The van der Waals surface area contributed by atoms with Crippen LogP contribution in [-0.2, 0) is 45.9 Å². The Labute approximate surface area is 293 Å². The molecule has 1 aliphatic carbocycles. The third-order valence-electron chi connectivity index (χ3n) is 8.85. The molecule has 0 radical (unpaired) electrons. The summed E-state index contributed by atoms with van der Waals surface area (Å²) >= 11 is 0. The summed E-state index contributed by atoms with van der Waals surface area (Å²) in [4.78, 5) is 12.2. The van der Waals surface area contributed by atoms with Crippen molar-refractivity contribution in [3.8, 4) is 23.0 Å². The minimum absolute atomic E-state index is 0.0149. The summed E-state index contributed by atoms with van der Waals surface area (Å²) in [5, 5.41) is 48.7. The standard InChI is InChI=1S/C37H33NO11S2/c1-19-3-5-21(6-4-19)37(43)38-30-13-24-11-28-17-31(50(44,45)46)15-26(35(28)41)9-22-7-20(2)8-23(33(22)39)10-27-16-32(51(47,48)49)18-29(36(27)42)12-25(14-30)34(24)40/h3-8,13-18,39-42H,9-12H2,1-2H3,(H,38,43)(H,44,45,46)(H,47,48,49). The molecule has 0 saturated carbocycles. The molecule has 0 aliphatic heterocycles. The number of amides is 1. The van der Waals surface area contributed by atoms with Gasteiger partial charge in [0, 0.05) is 70.3 Å². The number of carbonyl (C=O) groups excluding carboxylic acids is 1. The van der Waals surface area contributed by atoms with Crippen LogP contribution in [0.2, 0.25) is 0 Å². The number of hydrogen-bond donors (Lipinski definition) is 7. The SMILES string of the molecule is Cc1ccc(C(=O)Nc2cc3c(O)c(c2)Cc2cc(S(=O)(=O)O)cc(c2O)Cc2cc(C)cc(c2O)Cc2cc(S(=O)(=O)O)cc(c2O)C3)cc1. The summed E-state index contributed by atoms with van der Waals surface area (Å²) in [7, 11) is -9.60. The second-order valence-corrected chi connectivity index (χ2v) is 15.6. The van der Waals surface area contributed by atoms with Gasteiger partial charge in [-0.25, -0.2) is 0 Å². The van der Waals surface area contributed by atoms with Crippen LogP contribution in [0.15, 0.2) is 82.6 Å². The first kappa shape index (κ1) is 35.4. The maximum atomic E-state index is 13.2. The Morgan fingerprint density at radius 1 is 0.510 bits per heavy atom. The van der Waals surface area contributed by atoms with E-state index in [0.717, 1.165) is 29.8 Å². The molecule has 51 heavy (non-hydrogen) atoms. The molecule has 0 spiro atoms. The van der Waals surface area contributed by atoms with Crippen molar-refractivity contribution in [2.24, 2.45) is 0 Å². The number of benzene rings is 5. The summed E-state index contributed by atoms with van der Waals surface area (Å²) in [6, 6.07) is 17.0. The Morgan fingerprint density at radius 2 is 0.824 bits per heavy atom. The molecule has 0 saturated heterocycles. The van der Waals surface area contributed by atoms with Crippen molar-refractivity contribution in [2.45, 2.75) is 49.3 Å². The van der Waals surface area contributed by atoms with Gasteiger partial charge in [-0.3, -0.25) is 13.9 Å². The van der Waals surface area contributed by atoms with Crippen LogP contribution in [0.5, 0.6) is 23.0 Å². The Bertz CT molecular complexity index is 2340. The molecule has 14 heteroatoms. The number of phenols is 4. The molecule has 0 unspecified atom stereocenters. The minimum atomic E-state index is -4.80. The van der Waals surface area contributed by atoms with Gasteiger partial charge in [-0.2, -0.15) is 16.8 Å². The van der Waals surface area contributed by atoms with E-state index in [1.54, 1.807) is 43.3 Å². The van der Waals surface area contributed by atoms with Crippen LogP contribution >= 0.6 is 0 Å². The van der Waals surface area contributed by atoms with Crippen molar-refractivity contribution in [1.82, 2.24) is 0 Å². The van der Waals surface area contributed by atoms with E-state index in [9.17, 15) is 51.2 Å². The predicted molar refractivity (Wildman–Crippen MR) is 187 cm³/mol. The molecule has 0 atom stereocenters. The zero-order chi connectivity index (χ0) is 37.0. The van der Waals surface area contributed by atoms with Crippen molar-refractivity contribution in [3.05, 3.63) is 134 Å². The Hall–Kier alpha value is -5.41. The van der Waals surface area contributed by atoms with E-state index in [1.165, 1.54) is 12.1 Å². The van der Waals surface area contributed by atoms with Crippen molar-refractivity contribution in [3.63, 3.8) is 0 Å². The number of hydrogen-bond acceptors (Lipinski definition) is 9. The number of fused-ring (bicyclic) bond motifs is 8. The second kappa shape index (κ2) is 13.0. The lowest BCUT2D eigenvalue weighted by molar-refractivity contribution is 0.102. The van der Waals surface area contributed by atoms with E-state index in [1.807, 2.05) is 6.92 Å². The lowest BCUT2D eigenvalue weighted by Crippen LogP contribution is -2.13. The largest absolute Gasteiger partial charge is 0.507 e. The third kappa shape index (κ3) is 7.39. The number of carbonyl (C=O) groups is 1. The highest BCUT2D eigenvalue weighted by atomic mass is 32.2. The van der Waals surface area contributed by atoms with E-state index in [-0.39, 0.29) is 98.9 Å². The summed E-state index contributed by atoms with van der Waals surface area (Å²) < 4.78 is 69.6. The van der Waals surface area contributed by atoms with Gasteiger partial charge in [0.2, 0.25) is 0 Å². The fraction of sp³-hybridized carbons (Fsp3) is 0.162. The predicted octanol–water partition coefficient (Wildman–Crippen LogP) is 5.55. The lowest BCUT2D eigenvalue weighted by Gasteiger charge is -2.19. The molecule has 1 amide bonds. The molecule has 0 heterocycles. The van der Waals surface area contributed by atoms with Crippen LogP contribution in [-0.4, -0.2) is 52.3 Å². The number of aromatic hydroxyl groups is 4. The van der Waals surface area contributed by atoms with Gasteiger partial charge in [0.05, 0.1) is 9.79 Å². The highest BCUT2D eigenvalue weighted by Gasteiger charge is 2.25. The van der Waals surface area contributed by atoms with Gasteiger partial charge in [-0.05, 0) is 73.5 Å². The zero-order valence-electron chi connectivity index (χ0n) is 27.3. The van der Waals surface area contributed by atoms with E-state index >= 15 is 0 Å². The molecule has 12 nitrogen and oxygen atoms in total. The van der Waals surface area contributed by atoms with Gasteiger partial charge in [-0.15, -0.1) is 0 Å². The fourth-order valence-electron chi connectivity index (χ4n) is 6.33. The lowest BCUT2D eigenvalue weighted by atomic mass is 9.90. The summed E-state index contributed by atoms with van der Waals surface area (Å²) in [5.74, 6) is -1.90. The molecule has 0 aromatic heterocycles. The zero-order valence-corrected chi connectivity index (χ0v) is 28.9. The van der Waals surface area contributed by atoms with Crippen LogP contribution in [0.1, 0.15) is 66.0 Å². The molecular formula is C37H33NO11S2. The highest BCUT2D eigenvalue weighted by molar-refractivity contribution is 7.86. The van der Waals surface area contributed by atoms with Crippen LogP contribution in [0.25, 0.3) is 0 Å². The Balaban J connectivity index is 1.62. The molecule has 7 N–H and O–H groups in total. The first-order valence-electron chi connectivity index (χ1n) is 15.6. The van der Waals surface area contributed by atoms with Gasteiger partial charge >= 0.3 is 0 Å². The van der Waals surface area contributed by atoms with Crippen molar-refractivity contribution in [1.29, 1.82) is 0 Å². The summed E-state index contributed by atoms with van der Waals surface area (Å²) in [5.41, 5.74) is 2.66. The van der Waals surface area contributed by atoms with Crippen LogP contribution in [0.3, 0.4) is 0 Å². The van der Waals surface area contributed by atoms with Gasteiger partial charge in [0.1, 0.15) is 23.0 Å². The van der Waals surface area contributed by atoms with Gasteiger partial charge in [0.15, 0.2) is 0 Å². The van der Waals surface area contributed by atoms with E-state index in [2.05, 4.69) is 5.32 Å². The molecular weight excluding hydrogens is 699 g/mol. The number of phenolic OH excluding ortho intramolecular Hbond substituents is 4. The Kier molecular flexibility index (Phi) is 9.06. The average molecular weight is 732 g/mol. The quantitative estimate of drug-likeness (QED) is 0.0881. The maximum Gasteiger partial charge on any atom is 0.294 e. The maximum absolute atomic E-state index is 13.2. The van der Waals surface area contributed by atoms with Crippen molar-refractivity contribution in [2.75, 3.05) is 5.32 Å². The molecule has 5 aromatic rings. The monoisotopic (exact) mass is 731 g/mol. The molecule has 6 rings (SSSR count). The molecule has 8 bridgehead atoms. The van der Waals surface area contributed by atoms with Crippen LogP contribution in [0.4, 0.5) is 5.69 Å². The number of nitrogens with one attached hydrogen (secondary N) is 1. The van der Waals surface area contributed by atoms with Crippen molar-refractivity contribution >= 4 is 31.8 Å². The molecule has 264 valence electrons. The van der Waals surface area contributed by atoms with Gasteiger partial charge in [0.25, 0.3) is 26.1 Å². The van der Waals surface area contributed by atoms with Crippen LogP contribution in [0, 0.1) is 13.8 Å². The summed E-state index contributed by atoms with van der Waals surface area (Å²) in [6.07, 6.45) is -1.12. The normalized spacial score (nSPS) is 13.1. The third-order valence-corrected chi connectivity index (χ3v) is 10.5. The first-order chi connectivity index (χ1) is 23.9. The summed E-state index contributed by atoms with van der Waals surface area (Å²) in [6.45, 7) is 3.58. The minimum Gasteiger partial charge on any atom is -0.507 e. The fourth-order valence-corrected chi connectivity index (χ4v) is 7.49. The molecule has 0 fully saturated rings. The number of rotatable bonds is 4. The van der Waals surface area contributed by atoms with Crippen LogP contribution < -0.4 is 5.32 Å².